The maximum absolute atomic E-state index is 5.94. The highest BCUT2D eigenvalue weighted by atomic mass is 16.5. The molecule has 76 valence electrons. The van der Waals surface area contributed by atoms with E-state index < -0.39 is 0 Å². The largest absolute Gasteiger partial charge is 0.496 e. The molecule has 2 rings (SSSR count). The molecule has 0 radical (unpaired) electrons. The summed E-state index contributed by atoms with van der Waals surface area (Å²) < 4.78 is 5.31. The first-order valence-corrected chi connectivity index (χ1v) is 5.12. The van der Waals surface area contributed by atoms with Gasteiger partial charge in [0.25, 0.3) is 0 Å². The number of methoxy groups -OCH3 is 1. The van der Waals surface area contributed by atoms with E-state index in [2.05, 4.69) is 19.1 Å². The molecule has 2 N–H and O–H groups in total. The molecular weight excluding hydrogens is 174 g/mol. The summed E-state index contributed by atoms with van der Waals surface area (Å²) in [6, 6.07) is 4.71. The van der Waals surface area contributed by atoms with Crippen LogP contribution in [0.4, 0.5) is 0 Å². The summed E-state index contributed by atoms with van der Waals surface area (Å²) in [5.41, 5.74) is 9.98. The lowest BCUT2D eigenvalue weighted by Crippen LogP contribution is -2.27. The van der Waals surface area contributed by atoms with Crippen molar-refractivity contribution in [3.8, 4) is 5.75 Å². The monoisotopic (exact) mass is 191 g/mol. The van der Waals surface area contributed by atoms with Crippen molar-refractivity contribution in [3.63, 3.8) is 0 Å². The predicted molar refractivity (Wildman–Crippen MR) is 57.7 cm³/mol. The Balaban J connectivity index is 2.41. The number of nitrogens with two attached hydrogens (primary N) is 1. The maximum Gasteiger partial charge on any atom is 0.122 e. The molecule has 2 heteroatoms. The van der Waals surface area contributed by atoms with Crippen LogP contribution < -0.4 is 10.5 Å². The Morgan fingerprint density at radius 1 is 1.36 bits per heavy atom. The standard InChI is InChI=1S/C12H17NO/c1-8-5-9-3-4-11(13)6-10(9)7-12(8)14-2/h5,7,11H,3-4,6,13H2,1-2H3. The minimum atomic E-state index is 0.329. The van der Waals surface area contributed by atoms with Gasteiger partial charge in [-0.1, -0.05) is 6.07 Å². The lowest BCUT2D eigenvalue weighted by Gasteiger charge is -2.22. The van der Waals surface area contributed by atoms with Gasteiger partial charge < -0.3 is 10.5 Å². The van der Waals surface area contributed by atoms with Crippen LogP contribution in [0.15, 0.2) is 12.1 Å². The van der Waals surface area contributed by atoms with Crippen LogP contribution >= 0.6 is 0 Å². The third-order valence-electron chi connectivity index (χ3n) is 2.98. The van der Waals surface area contributed by atoms with Gasteiger partial charge in [0.05, 0.1) is 7.11 Å². The van der Waals surface area contributed by atoms with E-state index in [1.807, 2.05) is 0 Å². The fourth-order valence-electron chi connectivity index (χ4n) is 2.16. The highest BCUT2D eigenvalue weighted by Gasteiger charge is 2.16. The number of hydrogen-bond acceptors (Lipinski definition) is 2. The molecule has 0 bridgehead atoms. The normalized spacial score (nSPS) is 20.4. The van der Waals surface area contributed by atoms with Crippen LogP contribution in [0, 0.1) is 6.92 Å². The van der Waals surface area contributed by atoms with E-state index in [1.165, 1.54) is 16.7 Å². The van der Waals surface area contributed by atoms with Crippen molar-refractivity contribution in [2.45, 2.75) is 32.2 Å². The minimum absolute atomic E-state index is 0.329. The van der Waals surface area contributed by atoms with Crippen LogP contribution in [-0.2, 0) is 12.8 Å². The average Bonchev–Trinajstić information content (AvgIpc) is 2.17. The molecule has 14 heavy (non-hydrogen) atoms. The summed E-state index contributed by atoms with van der Waals surface area (Å²) in [5.74, 6) is 0.984. The zero-order valence-corrected chi connectivity index (χ0v) is 8.84. The van der Waals surface area contributed by atoms with E-state index in [0.717, 1.165) is 25.0 Å². The van der Waals surface area contributed by atoms with E-state index in [1.54, 1.807) is 7.11 Å². The Morgan fingerprint density at radius 2 is 2.14 bits per heavy atom. The summed E-state index contributed by atoms with van der Waals surface area (Å²) in [5, 5.41) is 0. The molecule has 1 aliphatic rings. The maximum atomic E-state index is 5.94. The fraction of sp³-hybridized carbons (Fsp3) is 0.500. The molecule has 1 atom stereocenters. The zero-order chi connectivity index (χ0) is 10.1. The molecule has 1 aromatic rings. The topological polar surface area (TPSA) is 35.2 Å². The Labute approximate surface area is 85.1 Å². The first-order valence-electron chi connectivity index (χ1n) is 5.12. The Kier molecular flexibility index (Phi) is 2.46. The van der Waals surface area contributed by atoms with Gasteiger partial charge in [0.1, 0.15) is 5.75 Å². The molecule has 1 unspecified atom stereocenters. The lowest BCUT2D eigenvalue weighted by molar-refractivity contribution is 0.410. The van der Waals surface area contributed by atoms with Crippen molar-refractivity contribution < 1.29 is 4.74 Å². The minimum Gasteiger partial charge on any atom is -0.496 e. The van der Waals surface area contributed by atoms with Crippen LogP contribution in [0.2, 0.25) is 0 Å². The van der Waals surface area contributed by atoms with Crippen molar-refractivity contribution in [2.24, 2.45) is 5.73 Å². The molecule has 1 aliphatic carbocycles. The zero-order valence-electron chi connectivity index (χ0n) is 8.84. The highest BCUT2D eigenvalue weighted by molar-refractivity contribution is 5.43. The highest BCUT2D eigenvalue weighted by Crippen LogP contribution is 2.28. The van der Waals surface area contributed by atoms with Gasteiger partial charge in [-0.05, 0) is 48.9 Å². The van der Waals surface area contributed by atoms with Gasteiger partial charge in [0.2, 0.25) is 0 Å². The summed E-state index contributed by atoms with van der Waals surface area (Å²) in [4.78, 5) is 0. The van der Waals surface area contributed by atoms with Gasteiger partial charge in [-0.15, -0.1) is 0 Å². The smallest absolute Gasteiger partial charge is 0.122 e. The molecule has 0 aliphatic heterocycles. The van der Waals surface area contributed by atoms with Gasteiger partial charge in [0.15, 0.2) is 0 Å². The molecule has 2 nitrogen and oxygen atoms in total. The summed E-state index contributed by atoms with van der Waals surface area (Å²) in [7, 11) is 1.72. The first kappa shape index (κ1) is 9.53. The van der Waals surface area contributed by atoms with Crippen LogP contribution in [0.25, 0.3) is 0 Å². The SMILES string of the molecule is COc1cc2c(cc1C)CCC(N)C2. The van der Waals surface area contributed by atoms with Crippen LogP contribution in [0.5, 0.6) is 5.75 Å². The number of aryl methyl sites for hydroxylation is 2. The van der Waals surface area contributed by atoms with E-state index in [0.29, 0.717) is 6.04 Å². The van der Waals surface area contributed by atoms with Gasteiger partial charge in [-0.3, -0.25) is 0 Å². The van der Waals surface area contributed by atoms with Crippen molar-refractivity contribution in [3.05, 3.63) is 28.8 Å². The van der Waals surface area contributed by atoms with Crippen LogP contribution in [-0.4, -0.2) is 13.2 Å². The first-order chi connectivity index (χ1) is 6.70. The quantitative estimate of drug-likeness (QED) is 0.735. The molecule has 0 spiro atoms. The molecule has 0 heterocycles. The Morgan fingerprint density at radius 3 is 2.86 bits per heavy atom. The number of rotatable bonds is 1. The van der Waals surface area contributed by atoms with Crippen molar-refractivity contribution in [1.29, 1.82) is 0 Å². The molecule has 0 amide bonds. The number of benzene rings is 1. The molecule has 0 aromatic heterocycles. The summed E-state index contributed by atoms with van der Waals surface area (Å²) >= 11 is 0. The summed E-state index contributed by atoms with van der Waals surface area (Å²) in [6.07, 6.45) is 3.21. The third-order valence-corrected chi connectivity index (χ3v) is 2.98. The van der Waals surface area contributed by atoms with Crippen LogP contribution in [0.1, 0.15) is 23.1 Å². The second-order valence-corrected chi connectivity index (χ2v) is 4.09. The number of fused-ring (bicyclic) bond motifs is 1. The van der Waals surface area contributed by atoms with Crippen LogP contribution in [0.3, 0.4) is 0 Å². The third kappa shape index (κ3) is 1.62. The second kappa shape index (κ2) is 3.62. The predicted octanol–water partition coefficient (Wildman–Crippen LogP) is 1.82. The van der Waals surface area contributed by atoms with Gasteiger partial charge >= 0.3 is 0 Å². The van der Waals surface area contributed by atoms with E-state index >= 15 is 0 Å². The molecule has 0 saturated carbocycles. The average molecular weight is 191 g/mol. The molecular formula is C12H17NO. The van der Waals surface area contributed by atoms with E-state index in [4.69, 9.17) is 10.5 Å². The van der Waals surface area contributed by atoms with E-state index in [-0.39, 0.29) is 0 Å². The van der Waals surface area contributed by atoms with Crippen molar-refractivity contribution in [1.82, 2.24) is 0 Å². The summed E-state index contributed by atoms with van der Waals surface area (Å²) in [6.45, 7) is 2.09. The molecule has 0 fully saturated rings. The lowest BCUT2D eigenvalue weighted by atomic mass is 9.87. The molecule has 0 saturated heterocycles. The van der Waals surface area contributed by atoms with Gasteiger partial charge in [-0.25, -0.2) is 0 Å². The fourth-order valence-corrected chi connectivity index (χ4v) is 2.16. The van der Waals surface area contributed by atoms with Crippen molar-refractivity contribution >= 4 is 0 Å². The van der Waals surface area contributed by atoms with Gasteiger partial charge in [0, 0.05) is 6.04 Å². The number of ether oxygens (including phenoxy) is 1. The molecule has 1 aromatic carbocycles. The van der Waals surface area contributed by atoms with E-state index in [9.17, 15) is 0 Å². The Hall–Kier alpha value is -1.02. The van der Waals surface area contributed by atoms with Crippen molar-refractivity contribution in [2.75, 3.05) is 7.11 Å². The second-order valence-electron chi connectivity index (χ2n) is 4.09. The van der Waals surface area contributed by atoms with Gasteiger partial charge in [-0.2, -0.15) is 0 Å². The number of hydrogen-bond donors (Lipinski definition) is 1. The Bertz CT molecular complexity index is 346.